The number of rotatable bonds is 7. The van der Waals surface area contributed by atoms with Crippen molar-refractivity contribution >= 4 is 17.6 Å². The molecule has 0 saturated heterocycles. The number of nitrogens with one attached hydrogen (secondary N) is 1. The number of amides is 1. The third kappa shape index (κ3) is 5.35. The van der Waals surface area contributed by atoms with Crippen molar-refractivity contribution in [2.75, 3.05) is 19.5 Å². The van der Waals surface area contributed by atoms with E-state index in [2.05, 4.69) is 29.6 Å². The van der Waals surface area contributed by atoms with Crippen LogP contribution in [0.25, 0.3) is 0 Å². The fourth-order valence-electron chi connectivity index (χ4n) is 2.46. The van der Waals surface area contributed by atoms with Crippen LogP contribution >= 0.6 is 0 Å². The van der Waals surface area contributed by atoms with Crippen molar-refractivity contribution in [1.82, 2.24) is 0 Å². The van der Waals surface area contributed by atoms with Gasteiger partial charge in [0.15, 0.2) is 0 Å². The summed E-state index contributed by atoms with van der Waals surface area (Å²) in [4.78, 5) is 24.1. The molecule has 0 radical (unpaired) electrons. The van der Waals surface area contributed by atoms with E-state index < -0.39 is 5.97 Å². The maximum Gasteiger partial charge on any atom is 0.340 e. The van der Waals surface area contributed by atoms with E-state index in [9.17, 15) is 9.59 Å². The fraction of sp³-hybridized carbons (Fsp3) is 0.300. The van der Waals surface area contributed by atoms with Crippen LogP contribution in [0.1, 0.15) is 34.3 Å². The largest absolute Gasteiger partial charge is 0.497 e. The van der Waals surface area contributed by atoms with Gasteiger partial charge in [-0.05, 0) is 43.5 Å². The van der Waals surface area contributed by atoms with Crippen molar-refractivity contribution < 1.29 is 19.1 Å². The number of anilines is 1. The summed E-state index contributed by atoms with van der Waals surface area (Å²) in [5.74, 6) is -0.131. The molecule has 132 valence electrons. The molecule has 1 amide bonds. The lowest BCUT2D eigenvalue weighted by atomic mass is 10.1. The molecular formula is C20H23NO4. The average molecular weight is 341 g/mol. The van der Waals surface area contributed by atoms with Crippen LogP contribution in [0.3, 0.4) is 0 Å². The molecule has 5 heteroatoms. The van der Waals surface area contributed by atoms with Gasteiger partial charge in [0.05, 0.1) is 25.5 Å². The van der Waals surface area contributed by atoms with Crippen LogP contribution < -0.4 is 10.1 Å². The van der Waals surface area contributed by atoms with Crippen molar-refractivity contribution in [2.45, 2.75) is 26.2 Å². The predicted octanol–water partition coefficient (Wildman–Crippen LogP) is 3.75. The van der Waals surface area contributed by atoms with Gasteiger partial charge in [0.25, 0.3) is 0 Å². The minimum absolute atomic E-state index is 0.137. The molecule has 0 atom stereocenters. The van der Waals surface area contributed by atoms with Crippen LogP contribution in [-0.2, 0) is 16.0 Å². The van der Waals surface area contributed by atoms with E-state index in [0.717, 1.165) is 12.8 Å². The number of aryl methyl sites for hydroxylation is 2. The summed E-state index contributed by atoms with van der Waals surface area (Å²) in [5.41, 5.74) is 3.12. The maximum absolute atomic E-state index is 12.2. The zero-order valence-corrected chi connectivity index (χ0v) is 14.8. The van der Waals surface area contributed by atoms with Crippen molar-refractivity contribution in [3.8, 4) is 5.75 Å². The minimum Gasteiger partial charge on any atom is -0.497 e. The van der Waals surface area contributed by atoms with Crippen LogP contribution in [0.2, 0.25) is 0 Å². The van der Waals surface area contributed by atoms with Crippen molar-refractivity contribution in [3.63, 3.8) is 0 Å². The first-order chi connectivity index (χ1) is 12.0. The van der Waals surface area contributed by atoms with Crippen molar-refractivity contribution in [3.05, 3.63) is 59.2 Å². The van der Waals surface area contributed by atoms with Gasteiger partial charge in [-0.25, -0.2) is 4.79 Å². The molecule has 0 unspecified atom stereocenters. The molecule has 0 spiro atoms. The molecule has 2 aromatic rings. The first-order valence-corrected chi connectivity index (χ1v) is 8.15. The predicted molar refractivity (Wildman–Crippen MR) is 97.1 cm³/mol. The average Bonchev–Trinajstić information content (AvgIpc) is 2.63. The summed E-state index contributed by atoms with van der Waals surface area (Å²) in [5, 5.41) is 2.78. The van der Waals surface area contributed by atoms with Gasteiger partial charge >= 0.3 is 5.97 Å². The summed E-state index contributed by atoms with van der Waals surface area (Å²) in [6, 6.07) is 13.2. The number of hydrogen-bond donors (Lipinski definition) is 1. The lowest BCUT2D eigenvalue weighted by Gasteiger charge is -2.11. The fourth-order valence-corrected chi connectivity index (χ4v) is 2.46. The highest BCUT2D eigenvalue weighted by Gasteiger charge is 2.15. The topological polar surface area (TPSA) is 64.6 Å². The summed E-state index contributed by atoms with van der Waals surface area (Å²) >= 11 is 0. The summed E-state index contributed by atoms with van der Waals surface area (Å²) in [6.07, 6.45) is 1.94. The molecule has 2 aromatic carbocycles. The molecule has 0 fully saturated rings. The molecule has 0 aromatic heterocycles. The molecule has 0 aliphatic heterocycles. The van der Waals surface area contributed by atoms with Crippen LogP contribution in [0.5, 0.6) is 5.75 Å². The Morgan fingerprint density at radius 2 is 1.76 bits per heavy atom. The van der Waals surface area contributed by atoms with Crippen LogP contribution in [0.15, 0.2) is 42.5 Å². The second kappa shape index (κ2) is 8.87. The second-order valence-electron chi connectivity index (χ2n) is 5.79. The molecule has 5 nitrogen and oxygen atoms in total. The molecule has 0 aliphatic rings. The van der Waals surface area contributed by atoms with Gasteiger partial charge in [-0.15, -0.1) is 0 Å². The zero-order chi connectivity index (χ0) is 18.2. The molecular weight excluding hydrogens is 318 g/mol. The Morgan fingerprint density at radius 3 is 2.40 bits per heavy atom. The Kier molecular flexibility index (Phi) is 6.57. The van der Waals surface area contributed by atoms with Crippen molar-refractivity contribution in [2.24, 2.45) is 0 Å². The molecule has 0 saturated carbocycles. The summed E-state index contributed by atoms with van der Waals surface area (Å²) < 4.78 is 9.87. The van der Waals surface area contributed by atoms with Gasteiger partial charge in [0.2, 0.25) is 5.91 Å². The molecule has 25 heavy (non-hydrogen) atoms. The highest BCUT2D eigenvalue weighted by atomic mass is 16.5. The number of carbonyl (C=O) groups excluding carboxylic acids is 2. The standard InChI is InChI=1S/C20H23NO4/c1-14-7-9-15(10-8-14)5-4-6-19(22)21-18-12-11-16(24-2)13-17(18)20(23)25-3/h7-13H,4-6H2,1-3H3,(H,21,22). The van der Waals surface area contributed by atoms with E-state index in [4.69, 9.17) is 9.47 Å². The van der Waals surface area contributed by atoms with Gasteiger partial charge in [-0.3, -0.25) is 4.79 Å². The Hall–Kier alpha value is -2.82. The summed E-state index contributed by atoms with van der Waals surface area (Å²) in [7, 11) is 2.81. The van der Waals surface area contributed by atoms with Crippen LogP contribution in [0, 0.1) is 6.92 Å². The monoisotopic (exact) mass is 341 g/mol. The number of methoxy groups -OCH3 is 2. The lowest BCUT2D eigenvalue weighted by Crippen LogP contribution is -2.15. The maximum atomic E-state index is 12.2. The van der Waals surface area contributed by atoms with E-state index in [0.29, 0.717) is 17.9 Å². The van der Waals surface area contributed by atoms with E-state index in [1.807, 2.05) is 6.92 Å². The van der Waals surface area contributed by atoms with Crippen LogP contribution in [-0.4, -0.2) is 26.1 Å². The Balaban J connectivity index is 1.95. The Labute approximate surface area is 148 Å². The first kappa shape index (κ1) is 18.5. The number of esters is 1. The van der Waals surface area contributed by atoms with Gasteiger partial charge in [0.1, 0.15) is 5.75 Å². The number of benzene rings is 2. The molecule has 0 bridgehead atoms. The number of ether oxygens (including phenoxy) is 2. The molecule has 2 rings (SSSR count). The van der Waals surface area contributed by atoms with Crippen molar-refractivity contribution in [1.29, 1.82) is 0 Å². The number of carbonyl (C=O) groups is 2. The van der Waals surface area contributed by atoms with E-state index >= 15 is 0 Å². The smallest absolute Gasteiger partial charge is 0.340 e. The minimum atomic E-state index is -0.520. The summed E-state index contributed by atoms with van der Waals surface area (Å²) in [6.45, 7) is 2.05. The highest BCUT2D eigenvalue weighted by molar-refractivity contribution is 6.01. The highest BCUT2D eigenvalue weighted by Crippen LogP contribution is 2.23. The van der Waals surface area contributed by atoms with Gasteiger partial charge < -0.3 is 14.8 Å². The molecule has 0 aliphatic carbocycles. The third-order valence-corrected chi connectivity index (χ3v) is 3.90. The lowest BCUT2D eigenvalue weighted by molar-refractivity contribution is -0.116. The van der Waals surface area contributed by atoms with Crippen LogP contribution in [0.4, 0.5) is 5.69 Å². The van der Waals surface area contributed by atoms with E-state index in [1.54, 1.807) is 18.2 Å². The van der Waals surface area contributed by atoms with Gasteiger partial charge in [0, 0.05) is 6.42 Å². The molecule has 0 heterocycles. The quantitative estimate of drug-likeness (QED) is 0.779. The molecule has 1 N–H and O–H groups in total. The second-order valence-corrected chi connectivity index (χ2v) is 5.79. The van der Waals surface area contributed by atoms with E-state index in [1.165, 1.54) is 25.3 Å². The Morgan fingerprint density at radius 1 is 1.04 bits per heavy atom. The van der Waals surface area contributed by atoms with Gasteiger partial charge in [-0.2, -0.15) is 0 Å². The number of hydrogen-bond acceptors (Lipinski definition) is 4. The zero-order valence-electron chi connectivity index (χ0n) is 14.8. The Bertz CT molecular complexity index is 738. The SMILES string of the molecule is COC(=O)c1cc(OC)ccc1NC(=O)CCCc1ccc(C)cc1. The third-order valence-electron chi connectivity index (χ3n) is 3.90. The normalized spacial score (nSPS) is 10.2. The first-order valence-electron chi connectivity index (χ1n) is 8.15. The van der Waals surface area contributed by atoms with Gasteiger partial charge in [-0.1, -0.05) is 29.8 Å². The van der Waals surface area contributed by atoms with E-state index in [-0.39, 0.29) is 11.5 Å².